The highest BCUT2D eigenvalue weighted by atomic mass is 32.1. The quantitative estimate of drug-likeness (QED) is 0.304. The third-order valence-electron chi connectivity index (χ3n) is 8.25. The van der Waals surface area contributed by atoms with Gasteiger partial charge in [-0.05, 0) is 61.2 Å². The molecule has 6 rings (SSSR count). The van der Waals surface area contributed by atoms with E-state index >= 15 is 0 Å². The molecule has 0 radical (unpaired) electrons. The maximum Gasteiger partial charge on any atom is 0.262 e. The number of hydrogen-bond acceptors (Lipinski definition) is 9. The van der Waals surface area contributed by atoms with Crippen LogP contribution in [0.3, 0.4) is 0 Å². The zero-order valence-corrected chi connectivity index (χ0v) is 22.9. The highest BCUT2D eigenvalue weighted by Crippen LogP contribution is 2.50. The summed E-state index contributed by atoms with van der Waals surface area (Å²) < 4.78 is 12.3. The van der Waals surface area contributed by atoms with Gasteiger partial charge in [-0.1, -0.05) is 12.1 Å². The molecule has 2 aromatic carbocycles. The maximum absolute atomic E-state index is 14.1. The number of ketones is 1. The molecule has 3 aromatic rings. The van der Waals surface area contributed by atoms with Crippen molar-refractivity contribution in [3.8, 4) is 5.75 Å². The Kier molecular flexibility index (Phi) is 6.84. The second kappa shape index (κ2) is 10.2. The Morgan fingerprint density at radius 1 is 1.18 bits per heavy atom. The number of thiophene rings is 1. The lowest BCUT2D eigenvalue weighted by Gasteiger charge is -2.37. The van der Waals surface area contributed by atoms with E-state index in [0.717, 1.165) is 48.2 Å². The Balaban J connectivity index is 1.41. The minimum Gasteiger partial charge on any atom is -0.490 e. The standard InChI is InChI=1S/C29H35N5O4S/c1-15-13-18(38-17-8-11-37-12-9-17)4-5-19(15)29(32)20-6-7-21(30)25-22(20)23(24(31)27(29)35)26(39-25)28(36)34-16-3-2-10-33-14-16/h4-7,13,16-17,24,33H,2-3,8-12,14,30-32H2,1H3,(H,34,36). The highest BCUT2D eigenvalue weighted by molar-refractivity contribution is 7.21. The predicted molar refractivity (Wildman–Crippen MR) is 152 cm³/mol. The molecule has 0 bridgehead atoms. The lowest BCUT2D eigenvalue weighted by Crippen LogP contribution is -2.53. The number of aryl methyl sites for hydroxylation is 1. The molecule has 1 aromatic heterocycles. The molecule has 10 heteroatoms. The van der Waals surface area contributed by atoms with Crippen LogP contribution >= 0.6 is 11.3 Å². The van der Waals surface area contributed by atoms with Crippen LogP contribution in [0.15, 0.2) is 30.3 Å². The van der Waals surface area contributed by atoms with Gasteiger partial charge in [-0.2, -0.15) is 0 Å². The first kappa shape index (κ1) is 26.2. The van der Waals surface area contributed by atoms with E-state index in [2.05, 4.69) is 10.6 Å². The molecule has 3 aliphatic rings. The van der Waals surface area contributed by atoms with Gasteiger partial charge >= 0.3 is 0 Å². The first-order valence-electron chi connectivity index (χ1n) is 13.6. The number of amides is 1. The molecule has 39 heavy (non-hydrogen) atoms. The molecular formula is C29H35N5O4S. The fourth-order valence-corrected chi connectivity index (χ4v) is 7.39. The fourth-order valence-electron chi connectivity index (χ4n) is 6.19. The summed E-state index contributed by atoms with van der Waals surface area (Å²) in [7, 11) is 0. The molecule has 3 heterocycles. The summed E-state index contributed by atoms with van der Waals surface area (Å²) in [5.41, 5.74) is 21.7. The zero-order chi connectivity index (χ0) is 27.3. The fraction of sp³-hybridized carbons (Fsp3) is 0.448. The molecule has 3 atom stereocenters. The Bertz CT molecular complexity index is 1440. The predicted octanol–water partition coefficient (Wildman–Crippen LogP) is 2.62. The van der Waals surface area contributed by atoms with E-state index in [1.165, 1.54) is 11.3 Å². The molecule has 1 amide bonds. The van der Waals surface area contributed by atoms with Crippen LogP contribution in [-0.4, -0.2) is 50.1 Å². The smallest absolute Gasteiger partial charge is 0.262 e. The largest absolute Gasteiger partial charge is 0.490 e. The van der Waals surface area contributed by atoms with Gasteiger partial charge < -0.3 is 37.3 Å². The van der Waals surface area contributed by atoms with Gasteiger partial charge in [0.1, 0.15) is 17.4 Å². The summed E-state index contributed by atoms with van der Waals surface area (Å²) in [6.07, 6.45) is 3.67. The van der Waals surface area contributed by atoms with Crippen LogP contribution in [0.25, 0.3) is 10.1 Å². The van der Waals surface area contributed by atoms with Gasteiger partial charge in [0.25, 0.3) is 5.91 Å². The van der Waals surface area contributed by atoms with E-state index < -0.39 is 11.6 Å². The van der Waals surface area contributed by atoms with E-state index in [1.54, 1.807) is 12.1 Å². The van der Waals surface area contributed by atoms with Crippen molar-refractivity contribution in [3.63, 3.8) is 0 Å². The molecule has 9 nitrogen and oxygen atoms in total. The number of nitrogens with two attached hydrogens (primary N) is 3. The number of hydrogen-bond donors (Lipinski definition) is 5. The van der Waals surface area contributed by atoms with Crippen molar-refractivity contribution in [2.75, 3.05) is 32.0 Å². The first-order chi connectivity index (χ1) is 18.8. The van der Waals surface area contributed by atoms with Gasteiger partial charge in [-0.3, -0.25) is 9.59 Å². The summed E-state index contributed by atoms with van der Waals surface area (Å²) in [6.45, 7) is 4.96. The first-order valence-corrected chi connectivity index (χ1v) is 14.4. The highest BCUT2D eigenvalue weighted by Gasteiger charge is 2.49. The second-order valence-corrected chi connectivity index (χ2v) is 11.8. The number of carbonyl (C=O) groups excluding carboxylic acids is 2. The van der Waals surface area contributed by atoms with Crippen LogP contribution < -0.4 is 32.6 Å². The molecule has 0 saturated carbocycles. The normalized spacial score (nSPS) is 25.6. The maximum atomic E-state index is 14.1. The van der Waals surface area contributed by atoms with Crippen LogP contribution in [0.1, 0.15) is 63.7 Å². The van der Waals surface area contributed by atoms with E-state index in [9.17, 15) is 9.59 Å². The summed E-state index contributed by atoms with van der Waals surface area (Å²) in [5.74, 6) is 0.145. The van der Waals surface area contributed by atoms with Crippen molar-refractivity contribution in [2.24, 2.45) is 11.5 Å². The molecular weight excluding hydrogens is 514 g/mol. The number of rotatable bonds is 5. The van der Waals surface area contributed by atoms with Gasteiger partial charge in [0.2, 0.25) is 0 Å². The summed E-state index contributed by atoms with van der Waals surface area (Å²) >= 11 is 1.28. The summed E-state index contributed by atoms with van der Waals surface area (Å²) in [6, 6.07) is 8.16. The Morgan fingerprint density at radius 2 is 1.95 bits per heavy atom. The van der Waals surface area contributed by atoms with Gasteiger partial charge in [0.15, 0.2) is 5.78 Å². The van der Waals surface area contributed by atoms with E-state index in [4.69, 9.17) is 26.7 Å². The minimum atomic E-state index is -1.50. The number of piperidine rings is 1. The van der Waals surface area contributed by atoms with Gasteiger partial charge in [-0.15, -0.1) is 11.3 Å². The molecule has 206 valence electrons. The number of benzene rings is 2. The van der Waals surface area contributed by atoms with Crippen molar-refractivity contribution in [3.05, 3.63) is 57.5 Å². The number of Topliss-reactive ketones (excluding diaryl/α,β-unsaturated/α-hetero) is 1. The van der Waals surface area contributed by atoms with Gasteiger partial charge in [-0.25, -0.2) is 0 Å². The van der Waals surface area contributed by atoms with E-state index in [1.807, 2.05) is 25.1 Å². The molecule has 2 fully saturated rings. The molecule has 3 unspecified atom stereocenters. The van der Waals surface area contributed by atoms with Crippen LogP contribution in [0.5, 0.6) is 5.75 Å². The van der Waals surface area contributed by atoms with Crippen LogP contribution in [0.4, 0.5) is 5.69 Å². The van der Waals surface area contributed by atoms with Crippen molar-refractivity contribution in [2.45, 2.75) is 56.3 Å². The van der Waals surface area contributed by atoms with Crippen molar-refractivity contribution < 1.29 is 19.1 Å². The lowest BCUT2D eigenvalue weighted by molar-refractivity contribution is -0.124. The number of nitrogen functional groups attached to an aromatic ring is 1. The summed E-state index contributed by atoms with van der Waals surface area (Å²) in [5, 5.41) is 7.14. The van der Waals surface area contributed by atoms with Crippen LogP contribution in [-0.2, 0) is 15.1 Å². The topological polar surface area (TPSA) is 155 Å². The molecule has 0 spiro atoms. The SMILES string of the molecule is Cc1cc(OC2CCOCC2)ccc1C1(N)C(=O)C(N)c2c(C(=O)NC3CCCNC3)sc3c(N)ccc1c23. The number of nitrogens with one attached hydrogen (secondary N) is 2. The van der Waals surface area contributed by atoms with Crippen LogP contribution in [0.2, 0.25) is 0 Å². The van der Waals surface area contributed by atoms with E-state index in [-0.39, 0.29) is 23.8 Å². The van der Waals surface area contributed by atoms with Gasteiger partial charge in [0, 0.05) is 42.1 Å². The monoisotopic (exact) mass is 549 g/mol. The zero-order valence-electron chi connectivity index (χ0n) is 22.0. The second-order valence-electron chi connectivity index (χ2n) is 10.8. The number of carbonyl (C=O) groups is 2. The average Bonchev–Trinajstić information content (AvgIpc) is 3.35. The summed E-state index contributed by atoms with van der Waals surface area (Å²) in [4.78, 5) is 28.0. The van der Waals surface area contributed by atoms with Crippen molar-refractivity contribution >= 4 is 38.8 Å². The third kappa shape index (κ3) is 4.40. The number of anilines is 1. The Hall–Kier alpha value is -3.02. The van der Waals surface area contributed by atoms with Crippen LogP contribution in [0, 0.1) is 6.92 Å². The molecule has 2 saturated heterocycles. The molecule has 8 N–H and O–H groups in total. The lowest BCUT2D eigenvalue weighted by atomic mass is 9.69. The van der Waals surface area contributed by atoms with E-state index in [0.29, 0.717) is 52.4 Å². The minimum absolute atomic E-state index is 0.0223. The number of ether oxygens (including phenoxy) is 2. The average molecular weight is 550 g/mol. The molecule has 2 aliphatic heterocycles. The third-order valence-corrected chi connectivity index (χ3v) is 9.50. The van der Waals surface area contributed by atoms with Crippen molar-refractivity contribution in [1.82, 2.24) is 10.6 Å². The Morgan fingerprint density at radius 3 is 2.67 bits per heavy atom. The molecule has 1 aliphatic carbocycles. The Labute approximate surface area is 231 Å². The van der Waals surface area contributed by atoms with Gasteiger partial charge in [0.05, 0.1) is 28.8 Å². The van der Waals surface area contributed by atoms with Crippen molar-refractivity contribution in [1.29, 1.82) is 0 Å².